The molecule has 2 heteroatoms. The third kappa shape index (κ3) is 3.60. The molecule has 0 nitrogen and oxygen atoms in total. The van der Waals surface area contributed by atoms with Gasteiger partial charge in [0, 0.05) is 21.7 Å². The van der Waals surface area contributed by atoms with Gasteiger partial charge in [0.15, 0.2) is 0 Å². The van der Waals surface area contributed by atoms with Crippen molar-refractivity contribution in [1.82, 2.24) is 0 Å². The third-order valence-corrected chi connectivity index (χ3v) is 1.34. The van der Waals surface area contributed by atoms with Gasteiger partial charge in [-0.2, -0.15) is 6.08 Å². The Balaban J connectivity index is 0. The number of hydrogen-bond acceptors (Lipinski definition) is 0. The summed E-state index contributed by atoms with van der Waals surface area (Å²) in [5, 5.41) is 0. The normalized spacial score (nSPS) is 14.1. The second-order valence-corrected chi connectivity index (χ2v) is 2.39. The molecule has 0 aliphatic heterocycles. The molecule has 0 bridgehead atoms. The summed E-state index contributed by atoms with van der Waals surface area (Å²) in [5.74, 6) is 0.661. The Hall–Kier alpha value is 0.484. The standard InChI is InChI=1S/C8H11.ClH.Ti/c1-7(2)8-5-3-4-6-8;;/h3,5,7H,4H2,1-2H3;1H;/q-1;;. The predicted octanol–water partition coefficient (Wildman–Crippen LogP) is 2.75. The van der Waals surface area contributed by atoms with Gasteiger partial charge in [-0.15, -0.1) is 18.8 Å². The molecule has 0 spiro atoms. The molecular weight excluding hydrogens is 179 g/mol. The van der Waals surface area contributed by atoms with E-state index in [9.17, 15) is 0 Å². The summed E-state index contributed by atoms with van der Waals surface area (Å²) < 4.78 is 0. The second kappa shape index (κ2) is 6.21. The van der Waals surface area contributed by atoms with Gasteiger partial charge in [0.25, 0.3) is 0 Å². The van der Waals surface area contributed by atoms with Crippen molar-refractivity contribution in [2.45, 2.75) is 20.3 Å². The van der Waals surface area contributed by atoms with Crippen LogP contribution in [0.3, 0.4) is 0 Å². The minimum absolute atomic E-state index is 0. The van der Waals surface area contributed by atoms with Crippen LogP contribution >= 0.6 is 12.4 Å². The first kappa shape index (κ1) is 13.1. The molecule has 0 aromatic carbocycles. The Bertz CT molecular complexity index is 136. The van der Waals surface area contributed by atoms with Crippen molar-refractivity contribution in [3.63, 3.8) is 0 Å². The molecule has 1 aliphatic rings. The Morgan fingerprint density at radius 3 is 2.30 bits per heavy atom. The monoisotopic (exact) mass is 191 g/mol. The zero-order valence-corrected chi connectivity index (χ0v) is 8.73. The van der Waals surface area contributed by atoms with Gasteiger partial charge in [-0.3, -0.25) is 6.08 Å². The van der Waals surface area contributed by atoms with Gasteiger partial charge in [-0.25, -0.2) is 11.6 Å². The van der Waals surface area contributed by atoms with Crippen LogP contribution < -0.4 is 0 Å². The van der Waals surface area contributed by atoms with E-state index in [1.54, 1.807) is 0 Å². The largest absolute Gasteiger partial charge is 0.269 e. The van der Waals surface area contributed by atoms with E-state index in [2.05, 4.69) is 32.1 Å². The Kier molecular flexibility index (Phi) is 8.14. The van der Waals surface area contributed by atoms with Crippen LogP contribution in [0.5, 0.6) is 0 Å². The smallest absolute Gasteiger partial charge is 0 e. The fourth-order valence-corrected chi connectivity index (χ4v) is 0.818. The number of rotatable bonds is 1. The van der Waals surface area contributed by atoms with Crippen LogP contribution in [0.25, 0.3) is 0 Å². The minimum Gasteiger partial charge on any atom is -0.269 e. The van der Waals surface area contributed by atoms with E-state index in [1.807, 2.05) is 0 Å². The minimum atomic E-state index is 0. The van der Waals surface area contributed by atoms with Gasteiger partial charge in [0.05, 0.1) is 0 Å². The molecule has 1 rings (SSSR count). The first-order valence-corrected chi connectivity index (χ1v) is 3.08. The molecule has 0 radical (unpaired) electrons. The van der Waals surface area contributed by atoms with Crippen LogP contribution in [0.4, 0.5) is 0 Å². The van der Waals surface area contributed by atoms with Crippen molar-refractivity contribution in [2.24, 2.45) is 5.92 Å². The van der Waals surface area contributed by atoms with Crippen LogP contribution in [0.1, 0.15) is 20.3 Å². The Labute approximate surface area is 84.1 Å². The Morgan fingerprint density at radius 2 is 2.10 bits per heavy atom. The maximum atomic E-state index is 3.26. The third-order valence-electron chi connectivity index (χ3n) is 1.34. The zero-order chi connectivity index (χ0) is 5.98. The van der Waals surface area contributed by atoms with Crippen molar-refractivity contribution >= 4 is 12.4 Å². The van der Waals surface area contributed by atoms with E-state index in [0.717, 1.165) is 6.42 Å². The summed E-state index contributed by atoms with van der Waals surface area (Å²) in [6.07, 6.45) is 8.59. The topological polar surface area (TPSA) is 0 Å². The molecule has 0 atom stereocenters. The van der Waals surface area contributed by atoms with Crippen molar-refractivity contribution in [3.8, 4) is 0 Å². The predicted molar refractivity (Wildman–Crippen MR) is 42.6 cm³/mol. The van der Waals surface area contributed by atoms with Gasteiger partial charge < -0.3 is 0 Å². The fourth-order valence-electron chi connectivity index (χ4n) is 0.818. The molecule has 56 valence electrons. The van der Waals surface area contributed by atoms with E-state index in [-0.39, 0.29) is 34.1 Å². The van der Waals surface area contributed by atoms with Crippen LogP contribution in [0.2, 0.25) is 0 Å². The van der Waals surface area contributed by atoms with Crippen molar-refractivity contribution in [1.29, 1.82) is 0 Å². The van der Waals surface area contributed by atoms with Crippen LogP contribution in [0, 0.1) is 12.0 Å². The summed E-state index contributed by atoms with van der Waals surface area (Å²) in [5.41, 5.74) is 1.37. The van der Waals surface area contributed by atoms with Gasteiger partial charge in [-0.05, 0) is 0 Å². The molecule has 0 fully saturated rings. The molecule has 0 unspecified atom stereocenters. The number of allylic oxidation sites excluding steroid dienone is 4. The maximum absolute atomic E-state index is 3.26. The summed E-state index contributed by atoms with van der Waals surface area (Å²) in [6, 6.07) is 0. The molecule has 0 saturated carbocycles. The molecule has 0 aromatic heterocycles. The summed E-state index contributed by atoms with van der Waals surface area (Å²) in [7, 11) is 0. The quantitative estimate of drug-likeness (QED) is 0.442. The molecule has 0 N–H and O–H groups in total. The van der Waals surface area contributed by atoms with Gasteiger partial charge in [-0.1, -0.05) is 19.8 Å². The molecule has 10 heavy (non-hydrogen) atoms. The van der Waals surface area contributed by atoms with Crippen LogP contribution in [-0.2, 0) is 21.7 Å². The molecule has 0 amide bonds. The van der Waals surface area contributed by atoms with E-state index < -0.39 is 0 Å². The van der Waals surface area contributed by atoms with E-state index in [0.29, 0.717) is 5.92 Å². The van der Waals surface area contributed by atoms with E-state index in [1.165, 1.54) is 5.57 Å². The van der Waals surface area contributed by atoms with Crippen LogP contribution in [-0.4, -0.2) is 0 Å². The maximum Gasteiger partial charge on any atom is 0 e. The summed E-state index contributed by atoms with van der Waals surface area (Å²) >= 11 is 0. The summed E-state index contributed by atoms with van der Waals surface area (Å²) in [6.45, 7) is 4.38. The van der Waals surface area contributed by atoms with Crippen molar-refractivity contribution in [3.05, 3.63) is 23.8 Å². The van der Waals surface area contributed by atoms with Crippen molar-refractivity contribution in [2.75, 3.05) is 0 Å². The van der Waals surface area contributed by atoms with E-state index >= 15 is 0 Å². The SMILES string of the molecule is CC(C)C1=[C-]CC=C1.Cl.[Ti]. The van der Waals surface area contributed by atoms with E-state index in [4.69, 9.17) is 0 Å². The average molecular weight is 192 g/mol. The first-order chi connectivity index (χ1) is 3.80. The number of hydrogen-bond donors (Lipinski definition) is 0. The molecular formula is C8H12ClTi-. The zero-order valence-electron chi connectivity index (χ0n) is 6.35. The average Bonchev–Trinajstić information content (AvgIpc) is 2.12. The number of halogens is 1. The fraction of sp³-hybridized carbons (Fsp3) is 0.500. The van der Waals surface area contributed by atoms with Gasteiger partial charge in [0.2, 0.25) is 0 Å². The molecule has 0 saturated heterocycles. The van der Waals surface area contributed by atoms with Crippen LogP contribution in [0.15, 0.2) is 17.7 Å². The molecule has 1 aliphatic carbocycles. The molecule has 0 aromatic rings. The summed E-state index contributed by atoms with van der Waals surface area (Å²) in [4.78, 5) is 0. The van der Waals surface area contributed by atoms with Crippen molar-refractivity contribution < 1.29 is 21.7 Å². The van der Waals surface area contributed by atoms with Gasteiger partial charge >= 0.3 is 0 Å². The second-order valence-electron chi connectivity index (χ2n) is 2.39. The first-order valence-electron chi connectivity index (χ1n) is 3.08. The molecule has 0 heterocycles. The Morgan fingerprint density at radius 1 is 1.50 bits per heavy atom. The van der Waals surface area contributed by atoms with Gasteiger partial charge in [0.1, 0.15) is 0 Å².